The van der Waals surface area contributed by atoms with Crippen molar-refractivity contribution in [3.05, 3.63) is 87.3 Å². The first kappa shape index (κ1) is 29.4. The van der Waals surface area contributed by atoms with Crippen molar-refractivity contribution >= 4 is 34.4 Å². The second kappa shape index (κ2) is 11.3. The van der Waals surface area contributed by atoms with Crippen LogP contribution in [0.15, 0.2) is 54.0 Å². The molecule has 0 radical (unpaired) electrons. The largest absolute Gasteiger partial charge is 0.355 e. The van der Waals surface area contributed by atoms with E-state index in [1.165, 1.54) is 16.7 Å². The van der Waals surface area contributed by atoms with Gasteiger partial charge in [0.2, 0.25) is 5.91 Å². The lowest BCUT2D eigenvalue weighted by molar-refractivity contribution is -0.128. The van der Waals surface area contributed by atoms with Gasteiger partial charge in [-0.3, -0.25) is 9.78 Å². The number of benzene rings is 1. The molecule has 3 aromatic heterocycles. The molecule has 2 unspecified atom stereocenters. The third-order valence-corrected chi connectivity index (χ3v) is 8.25. The Bertz CT molecular complexity index is 1790. The van der Waals surface area contributed by atoms with Gasteiger partial charge in [0.1, 0.15) is 11.6 Å². The van der Waals surface area contributed by atoms with Crippen LogP contribution in [0.1, 0.15) is 50.4 Å². The van der Waals surface area contributed by atoms with Crippen molar-refractivity contribution in [3.63, 3.8) is 0 Å². The zero-order valence-electron chi connectivity index (χ0n) is 24.7. The van der Waals surface area contributed by atoms with Crippen molar-refractivity contribution in [1.29, 1.82) is 0 Å². The molecule has 5 rings (SSSR count). The van der Waals surface area contributed by atoms with Crippen molar-refractivity contribution in [2.75, 3.05) is 18.0 Å². The molecule has 2 atom stereocenters. The summed E-state index contributed by atoms with van der Waals surface area (Å²) < 4.78 is 16.1. The first-order valence-corrected chi connectivity index (χ1v) is 14.4. The van der Waals surface area contributed by atoms with Crippen LogP contribution in [0.3, 0.4) is 0 Å². The highest BCUT2D eigenvalue weighted by atomic mass is 35.5. The highest BCUT2D eigenvalue weighted by Crippen LogP contribution is 2.37. The quantitative estimate of drug-likeness (QED) is 0.266. The lowest BCUT2D eigenvalue weighted by atomic mass is 10.0. The number of piperazine rings is 1. The molecule has 1 amide bonds. The number of aromatic nitrogens is 4. The molecule has 1 saturated heterocycles. The van der Waals surface area contributed by atoms with E-state index < -0.39 is 5.69 Å². The van der Waals surface area contributed by atoms with Crippen molar-refractivity contribution in [1.82, 2.24) is 24.4 Å². The van der Waals surface area contributed by atoms with E-state index >= 15 is 0 Å². The summed E-state index contributed by atoms with van der Waals surface area (Å²) in [6.07, 6.45) is 3.04. The van der Waals surface area contributed by atoms with Gasteiger partial charge in [0.05, 0.1) is 27.5 Å². The predicted molar refractivity (Wildman–Crippen MR) is 165 cm³/mol. The van der Waals surface area contributed by atoms with Crippen molar-refractivity contribution in [2.24, 2.45) is 0 Å². The average molecular weight is 589 g/mol. The minimum atomic E-state index is -0.517. The molecule has 8 nitrogen and oxygen atoms in total. The highest BCUT2D eigenvalue weighted by Gasteiger charge is 2.34. The Morgan fingerprint density at radius 3 is 2.57 bits per heavy atom. The molecule has 4 heterocycles. The van der Waals surface area contributed by atoms with E-state index in [-0.39, 0.29) is 29.7 Å². The van der Waals surface area contributed by atoms with Crippen LogP contribution in [0.25, 0.3) is 28.0 Å². The van der Waals surface area contributed by atoms with E-state index in [0.717, 1.165) is 11.3 Å². The number of hydrogen-bond donors (Lipinski definition) is 0. The van der Waals surface area contributed by atoms with Gasteiger partial charge in [0, 0.05) is 36.9 Å². The van der Waals surface area contributed by atoms with Gasteiger partial charge < -0.3 is 9.80 Å². The van der Waals surface area contributed by atoms with Crippen LogP contribution in [0, 0.1) is 19.7 Å². The van der Waals surface area contributed by atoms with Crippen LogP contribution >= 0.6 is 11.6 Å². The number of anilines is 1. The first-order valence-electron chi connectivity index (χ1n) is 14.0. The van der Waals surface area contributed by atoms with E-state index in [0.29, 0.717) is 57.5 Å². The molecule has 1 aliphatic heterocycles. The van der Waals surface area contributed by atoms with Crippen LogP contribution in [0.5, 0.6) is 0 Å². The van der Waals surface area contributed by atoms with E-state index in [9.17, 15) is 14.0 Å². The van der Waals surface area contributed by atoms with E-state index in [1.807, 2.05) is 45.6 Å². The SMILES string of the molecule is C=CC(=O)N1CC(C)N(c2nc(=O)n(-c3c(C)ccnc3C(C)C)c3nc(-c4cccc(F)c4C)c(Cl)cc23)CC1C. The topological polar surface area (TPSA) is 84.2 Å². The van der Waals surface area contributed by atoms with Crippen LogP contribution in [0.4, 0.5) is 10.2 Å². The molecule has 42 heavy (non-hydrogen) atoms. The fraction of sp³-hybridized carbons (Fsp3) is 0.344. The Kier molecular flexibility index (Phi) is 7.90. The third kappa shape index (κ3) is 4.96. The molecule has 1 fully saturated rings. The lowest BCUT2D eigenvalue weighted by Crippen LogP contribution is -2.58. The molecule has 1 aromatic carbocycles. The maximum absolute atomic E-state index is 14.6. The summed E-state index contributed by atoms with van der Waals surface area (Å²) in [5.74, 6) is -0.0792. The summed E-state index contributed by atoms with van der Waals surface area (Å²) in [5.41, 5.74) is 3.30. The van der Waals surface area contributed by atoms with Crippen molar-refractivity contribution in [2.45, 2.75) is 59.5 Å². The van der Waals surface area contributed by atoms with Crippen LogP contribution in [0.2, 0.25) is 5.02 Å². The van der Waals surface area contributed by atoms with Gasteiger partial charge in [0.25, 0.3) is 0 Å². The predicted octanol–water partition coefficient (Wildman–Crippen LogP) is 5.99. The smallest absolute Gasteiger partial charge is 0.349 e. The van der Waals surface area contributed by atoms with Crippen LogP contribution in [-0.2, 0) is 4.79 Å². The fourth-order valence-electron chi connectivity index (χ4n) is 5.71. The Morgan fingerprint density at radius 2 is 1.88 bits per heavy atom. The molecule has 0 spiro atoms. The van der Waals surface area contributed by atoms with Crippen LogP contribution < -0.4 is 10.6 Å². The van der Waals surface area contributed by atoms with E-state index in [1.54, 1.807) is 36.2 Å². The summed E-state index contributed by atoms with van der Waals surface area (Å²) in [6, 6.07) is 8.04. The van der Waals surface area contributed by atoms with Crippen molar-refractivity contribution < 1.29 is 9.18 Å². The molecular weight excluding hydrogens is 555 g/mol. The van der Waals surface area contributed by atoms with Crippen molar-refractivity contribution in [3.8, 4) is 16.9 Å². The number of halogens is 2. The van der Waals surface area contributed by atoms with Gasteiger partial charge in [-0.2, -0.15) is 4.98 Å². The summed E-state index contributed by atoms with van der Waals surface area (Å²) >= 11 is 6.88. The number of rotatable bonds is 5. The second-order valence-electron chi connectivity index (χ2n) is 11.2. The first-order chi connectivity index (χ1) is 19.9. The number of nitrogens with zero attached hydrogens (tertiary/aromatic N) is 6. The Labute approximate surface area is 249 Å². The number of carbonyl (C=O) groups is 1. The monoisotopic (exact) mass is 588 g/mol. The molecule has 0 N–H and O–H groups in total. The third-order valence-electron chi connectivity index (χ3n) is 7.96. The van der Waals surface area contributed by atoms with Gasteiger partial charge >= 0.3 is 5.69 Å². The molecule has 10 heteroatoms. The zero-order valence-corrected chi connectivity index (χ0v) is 25.4. The van der Waals surface area contributed by atoms with E-state index in [4.69, 9.17) is 16.6 Å². The van der Waals surface area contributed by atoms with Gasteiger partial charge in [-0.15, -0.1) is 0 Å². The average Bonchev–Trinajstić information content (AvgIpc) is 2.95. The Balaban J connectivity index is 1.84. The van der Waals surface area contributed by atoms with Gasteiger partial charge in [0.15, 0.2) is 5.65 Å². The summed E-state index contributed by atoms with van der Waals surface area (Å²) in [6.45, 7) is 16.1. The number of carbonyl (C=O) groups excluding carboxylic acids is 1. The van der Waals surface area contributed by atoms with Crippen LogP contribution in [-0.4, -0.2) is 55.5 Å². The standard InChI is InChI=1S/C32H34ClFN6O2/c1-8-26(41)38-15-20(6)39(16-19(38)5)30-23-14-24(33)28(22-10-9-11-25(34)21(22)7)36-31(23)40(32(42)37-30)29-18(4)12-13-35-27(29)17(2)3/h8-14,17,19-20H,1,15-16H2,2-7H3. The number of amides is 1. The molecule has 0 aliphatic carbocycles. The molecule has 0 saturated carbocycles. The Hall–Kier alpha value is -4.11. The number of hydrogen-bond acceptors (Lipinski definition) is 6. The highest BCUT2D eigenvalue weighted by molar-refractivity contribution is 6.34. The van der Waals surface area contributed by atoms with E-state index in [2.05, 4.69) is 16.5 Å². The summed E-state index contributed by atoms with van der Waals surface area (Å²) in [7, 11) is 0. The molecule has 218 valence electrons. The molecule has 0 bridgehead atoms. The fourth-order valence-corrected chi connectivity index (χ4v) is 5.96. The summed E-state index contributed by atoms with van der Waals surface area (Å²) in [5, 5.41) is 0.871. The molecule has 1 aliphatic rings. The van der Waals surface area contributed by atoms with Gasteiger partial charge in [-0.1, -0.05) is 44.2 Å². The summed E-state index contributed by atoms with van der Waals surface area (Å²) in [4.78, 5) is 44.5. The maximum atomic E-state index is 14.6. The Morgan fingerprint density at radius 1 is 1.14 bits per heavy atom. The maximum Gasteiger partial charge on any atom is 0.355 e. The lowest BCUT2D eigenvalue weighted by Gasteiger charge is -2.44. The molecular formula is C32H34ClFN6O2. The zero-order chi connectivity index (χ0) is 30.5. The number of pyridine rings is 2. The molecule has 4 aromatic rings. The normalized spacial score (nSPS) is 17.3. The number of aryl methyl sites for hydroxylation is 1. The number of fused-ring (bicyclic) bond motifs is 1. The van der Waals surface area contributed by atoms with Gasteiger partial charge in [-0.05, 0) is 69.0 Å². The second-order valence-corrected chi connectivity index (χ2v) is 11.6. The minimum Gasteiger partial charge on any atom is -0.349 e. The minimum absolute atomic E-state index is 0.00936. The van der Waals surface area contributed by atoms with Gasteiger partial charge in [-0.25, -0.2) is 18.7 Å².